The van der Waals surface area contributed by atoms with Gasteiger partial charge in [0.05, 0.1) is 6.10 Å². The van der Waals surface area contributed by atoms with E-state index in [-0.39, 0.29) is 12.2 Å². The Labute approximate surface area is 97.9 Å². The summed E-state index contributed by atoms with van der Waals surface area (Å²) in [5.74, 6) is 0. The van der Waals surface area contributed by atoms with Crippen molar-refractivity contribution in [2.75, 3.05) is 20.2 Å². The van der Waals surface area contributed by atoms with Gasteiger partial charge in [-0.25, -0.2) is 4.79 Å². The van der Waals surface area contributed by atoms with Crippen molar-refractivity contribution < 1.29 is 14.3 Å². The molecular weight excluding hydrogens is 206 g/mol. The van der Waals surface area contributed by atoms with Crippen LogP contribution in [0.2, 0.25) is 0 Å². The van der Waals surface area contributed by atoms with E-state index in [4.69, 9.17) is 9.47 Å². The Morgan fingerprint density at radius 2 is 2.12 bits per heavy atom. The van der Waals surface area contributed by atoms with Crippen LogP contribution in [0.4, 0.5) is 4.79 Å². The van der Waals surface area contributed by atoms with Crippen LogP contribution < -0.4 is 0 Å². The van der Waals surface area contributed by atoms with E-state index in [1.807, 2.05) is 20.8 Å². The number of nitrogens with zero attached hydrogens (tertiary/aromatic N) is 1. The molecule has 0 aliphatic carbocycles. The summed E-state index contributed by atoms with van der Waals surface area (Å²) in [5, 5.41) is 0. The van der Waals surface area contributed by atoms with Gasteiger partial charge in [0, 0.05) is 20.2 Å². The van der Waals surface area contributed by atoms with E-state index in [1.165, 1.54) is 6.42 Å². The van der Waals surface area contributed by atoms with Crippen LogP contribution >= 0.6 is 0 Å². The van der Waals surface area contributed by atoms with Crippen molar-refractivity contribution in [3.05, 3.63) is 0 Å². The highest BCUT2D eigenvalue weighted by Gasteiger charge is 2.23. The number of likely N-dealkylation sites (N-methyl/N-ethyl adjacent to an activating group) is 1. The molecule has 4 heteroatoms. The molecule has 0 radical (unpaired) electrons. The zero-order valence-corrected chi connectivity index (χ0v) is 10.8. The summed E-state index contributed by atoms with van der Waals surface area (Å²) in [6, 6.07) is 0. The second-order valence-electron chi connectivity index (χ2n) is 5.35. The number of amides is 1. The van der Waals surface area contributed by atoms with E-state index in [0.717, 1.165) is 19.4 Å². The average molecular weight is 229 g/mol. The molecule has 1 aliphatic rings. The highest BCUT2D eigenvalue weighted by molar-refractivity contribution is 5.67. The highest BCUT2D eigenvalue weighted by atomic mass is 16.6. The fourth-order valence-corrected chi connectivity index (χ4v) is 1.67. The number of hydrogen-bond donors (Lipinski definition) is 0. The lowest BCUT2D eigenvalue weighted by Gasteiger charge is -2.29. The Bertz CT molecular complexity index is 229. The highest BCUT2D eigenvalue weighted by Crippen LogP contribution is 2.15. The third-order valence-electron chi connectivity index (χ3n) is 2.46. The normalized spacial score (nSPS) is 21.6. The van der Waals surface area contributed by atoms with Crippen molar-refractivity contribution in [1.82, 2.24) is 4.90 Å². The largest absolute Gasteiger partial charge is 0.444 e. The van der Waals surface area contributed by atoms with E-state index in [9.17, 15) is 4.79 Å². The van der Waals surface area contributed by atoms with Crippen molar-refractivity contribution in [3.8, 4) is 0 Å². The van der Waals surface area contributed by atoms with E-state index in [1.54, 1.807) is 11.9 Å². The summed E-state index contributed by atoms with van der Waals surface area (Å²) in [7, 11) is 1.76. The molecule has 0 aromatic carbocycles. The molecule has 4 nitrogen and oxygen atoms in total. The molecule has 16 heavy (non-hydrogen) atoms. The van der Waals surface area contributed by atoms with Crippen LogP contribution in [-0.4, -0.2) is 42.9 Å². The Kier molecular flexibility index (Phi) is 4.59. The van der Waals surface area contributed by atoms with Gasteiger partial charge < -0.3 is 14.4 Å². The predicted molar refractivity (Wildman–Crippen MR) is 62.5 cm³/mol. The lowest BCUT2D eigenvalue weighted by molar-refractivity contribution is -0.0143. The van der Waals surface area contributed by atoms with Gasteiger partial charge >= 0.3 is 6.09 Å². The molecule has 94 valence electrons. The molecule has 0 bridgehead atoms. The van der Waals surface area contributed by atoms with E-state index in [2.05, 4.69) is 0 Å². The third kappa shape index (κ3) is 4.84. The lowest BCUT2D eigenvalue weighted by atomic mass is 10.1. The molecular formula is C12H23NO3. The zero-order valence-electron chi connectivity index (χ0n) is 10.8. The van der Waals surface area contributed by atoms with Gasteiger partial charge in [-0.3, -0.25) is 0 Å². The molecule has 0 aromatic heterocycles. The second-order valence-corrected chi connectivity index (χ2v) is 5.35. The Balaban J connectivity index is 2.33. The van der Waals surface area contributed by atoms with Gasteiger partial charge in [0.25, 0.3) is 0 Å². The van der Waals surface area contributed by atoms with Crippen molar-refractivity contribution in [3.63, 3.8) is 0 Å². The maximum absolute atomic E-state index is 11.7. The molecule has 0 spiro atoms. The smallest absolute Gasteiger partial charge is 0.410 e. The third-order valence-corrected chi connectivity index (χ3v) is 2.46. The van der Waals surface area contributed by atoms with Gasteiger partial charge in [0.2, 0.25) is 0 Å². The standard InChI is InChI=1S/C12H23NO3/c1-12(2,3)16-11(14)13(4)9-10-7-5-6-8-15-10/h10H,5-9H2,1-4H3. The summed E-state index contributed by atoms with van der Waals surface area (Å²) in [5.41, 5.74) is -0.432. The van der Waals surface area contributed by atoms with Crippen LogP contribution in [0.25, 0.3) is 0 Å². The molecule has 1 atom stereocenters. The fourth-order valence-electron chi connectivity index (χ4n) is 1.67. The SMILES string of the molecule is CN(CC1CCCCO1)C(=O)OC(C)(C)C. The van der Waals surface area contributed by atoms with Gasteiger partial charge in [0.15, 0.2) is 0 Å². The topological polar surface area (TPSA) is 38.8 Å². The van der Waals surface area contributed by atoms with Crippen molar-refractivity contribution >= 4 is 6.09 Å². The number of carbonyl (C=O) groups excluding carboxylic acids is 1. The molecule has 1 aliphatic heterocycles. The minimum Gasteiger partial charge on any atom is -0.444 e. The van der Waals surface area contributed by atoms with Crippen molar-refractivity contribution in [2.45, 2.75) is 51.7 Å². The van der Waals surface area contributed by atoms with Gasteiger partial charge in [-0.2, -0.15) is 0 Å². The Hall–Kier alpha value is -0.770. The average Bonchev–Trinajstić information content (AvgIpc) is 2.16. The van der Waals surface area contributed by atoms with Gasteiger partial charge in [-0.05, 0) is 40.0 Å². The number of rotatable bonds is 2. The summed E-state index contributed by atoms with van der Waals surface area (Å²) >= 11 is 0. The molecule has 1 fully saturated rings. The van der Waals surface area contributed by atoms with Crippen LogP contribution in [0.1, 0.15) is 40.0 Å². The van der Waals surface area contributed by atoms with Crippen LogP contribution in [0.15, 0.2) is 0 Å². The first kappa shape index (κ1) is 13.3. The molecule has 1 heterocycles. The van der Waals surface area contributed by atoms with Gasteiger partial charge in [-0.1, -0.05) is 0 Å². The summed E-state index contributed by atoms with van der Waals surface area (Å²) in [4.78, 5) is 13.3. The maximum atomic E-state index is 11.7. The van der Waals surface area contributed by atoms with E-state index >= 15 is 0 Å². The molecule has 0 aromatic rings. The van der Waals surface area contributed by atoms with Crippen molar-refractivity contribution in [1.29, 1.82) is 0 Å². The molecule has 0 saturated carbocycles. The first-order chi connectivity index (χ1) is 7.38. The maximum Gasteiger partial charge on any atom is 0.410 e. The lowest BCUT2D eigenvalue weighted by Crippen LogP contribution is -2.40. The molecule has 1 saturated heterocycles. The fraction of sp³-hybridized carbons (Fsp3) is 0.917. The molecule has 1 rings (SSSR count). The van der Waals surface area contributed by atoms with E-state index in [0.29, 0.717) is 6.54 Å². The summed E-state index contributed by atoms with van der Waals surface area (Å²) in [6.45, 7) is 7.04. The summed E-state index contributed by atoms with van der Waals surface area (Å²) in [6.07, 6.45) is 3.25. The Morgan fingerprint density at radius 1 is 1.44 bits per heavy atom. The monoisotopic (exact) mass is 229 g/mol. The number of carbonyl (C=O) groups is 1. The number of hydrogen-bond acceptors (Lipinski definition) is 3. The quantitative estimate of drug-likeness (QED) is 0.730. The van der Waals surface area contributed by atoms with Crippen LogP contribution in [0.3, 0.4) is 0 Å². The van der Waals surface area contributed by atoms with Gasteiger partial charge in [0.1, 0.15) is 5.60 Å². The zero-order chi connectivity index (χ0) is 12.2. The predicted octanol–water partition coefficient (Wildman–Crippen LogP) is 2.42. The van der Waals surface area contributed by atoms with Crippen LogP contribution in [0, 0.1) is 0 Å². The van der Waals surface area contributed by atoms with E-state index < -0.39 is 5.60 Å². The molecule has 1 unspecified atom stereocenters. The second kappa shape index (κ2) is 5.53. The van der Waals surface area contributed by atoms with Gasteiger partial charge in [-0.15, -0.1) is 0 Å². The Morgan fingerprint density at radius 3 is 2.62 bits per heavy atom. The summed E-state index contributed by atoms with van der Waals surface area (Å²) < 4.78 is 10.9. The minimum atomic E-state index is -0.432. The molecule has 0 N–H and O–H groups in total. The minimum absolute atomic E-state index is 0.172. The first-order valence-electron chi connectivity index (χ1n) is 5.94. The first-order valence-corrected chi connectivity index (χ1v) is 5.94. The molecule has 1 amide bonds. The van der Waals surface area contributed by atoms with Crippen molar-refractivity contribution in [2.24, 2.45) is 0 Å². The van der Waals surface area contributed by atoms with Crippen LogP contribution in [0.5, 0.6) is 0 Å². The van der Waals surface area contributed by atoms with Crippen LogP contribution in [-0.2, 0) is 9.47 Å². The number of ether oxygens (including phenoxy) is 2.